The number of carbonyl (C=O) groups is 1. The summed E-state index contributed by atoms with van der Waals surface area (Å²) in [6.07, 6.45) is -2.60. The molecule has 24 heavy (non-hydrogen) atoms. The molecule has 1 aliphatic carbocycles. The quantitative estimate of drug-likeness (QED) is 0.737. The summed E-state index contributed by atoms with van der Waals surface area (Å²) in [7, 11) is 0. The summed E-state index contributed by atoms with van der Waals surface area (Å²) in [6, 6.07) is -0.888. The Bertz CT molecular complexity index is 609. The molecule has 0 radical (unpaired) electrons. The summed E-state index contributed by atoms with van der Waals surface area (Å²) >= 11 is 0. The lowest BCUT2D eigenvalue weighted by molar-refractivity contribution is -0.143. The highest BCUT2D eigenvalue weighted by Gasteiger charge is 2.42. The van der Waals surface area contributed by atoms with E-state index >= 15 is 0 Å². The van der Waals surface area contributed by atoms with Crippen molar-refractivity contribution in [1.82, 2.24) is 20.4 Å². The van der Waals surface area contributed by atoms with E-state index < -0.39 is 24.8 Å². The first-order chi connectivity index (χ1) is 11.1. The Morgan fingerprint density at radius 3 is 2.54 bits per heavy atom. The molecule has 1 unspecified atom stereocenters. The van der Waals surface area contributed by atoms with Gasteiger partial charge >= 0.3 is 12.2 Å². The molecule has 9 heteroatoms. The Morgan fingerprint density at radius 2 is 2.04 bits per heavy atom. The minimum Gasteiger partial charge on any atom is -0.396 e. The SMILES string of the molecule is Cc1nn(CC(F)(F)F)c(C)c1C(C)NC(=O)NCC1(CO)CC1. The number of nitrogens with one attached hydrogen (secondary N) is 2. The van der Waals surface area contributed by atoms with Gasteiger partial charge in [-0.3, -0.25) is 4.68 Å². The maximum absolute atomic E-state index is 12.6. The fourth-order valence-corrected chi connectivity index (χ4v) is 2.82. The number of urea groups is 1. The van der Waals surface area contributed by atoms with E-state index in [2.05, 4.69) is 15.7 Å². The first-order valence-corrected chi connectivity index (χ1v) is 7.83. The predicted molar refractivity (Wildman–Crippen MR) is 81.5 cm³/mol. The summed E-state index contributed by atoms with van der Waals surface area (Å²) in [4.78, 5) is 12.0. The Balaban J connectivity index is 1.99. The maximum Gasteiger partial charge on any atom is 0.408 e. The van der Waals surface area contributed by atoms with Crippen LogP contribution in [0.2, 0.25) is 0 Å². The number of aliphatic hydroxyl groups is 1. The van der Waals surface area contributed by atoms with Crippen LogP contribution in [0.5, 0.6) is 0 Å². The van der Waals surface area contributed by atoms with E-state index in [0.29, 0.717) is 23.5 Å². The second kappa shape index (κ2) is 6.62. The van der Waals surface area contributed by atoms with Crippen LogP contribution in [0.4, 0.5) is 18.0 Å². The van der Waals surface area contributed by atoms with Gasteiger partial charge in [0.2, 0.25) is 0 Å². The zero-order chi connectivity index (χ0) is 18.1. The molecule has 0 saturated heterocycles. The number of aryl methyl sites for hydroxylation is 1. The third-order valence-electron chi connectivity index (χ3n) is 4.46. The Labute approximate surface area is 138 Å². The molecule has 1 aliphatic rings. The molecule has 2 rings (SSSR count). The topological polar surface area (TPSA) is 79.2 Å². The first kappa shape index (κ1) is 18.6. The molecule has 6 nitrogen and oxygen atoms in total. The minimum atomic E-state index is -4.35. The highest BCUT2D eigenvalue weighted by molar-refractivity contribution is 5.74. The molecular formula is C15H23F3N4O2. The highest BCUT2D eigenvalue weighted by atomic mass is 19.4. The normalized spacial score (nSPS) is 17.5. The molecule has 0 spiro atoms. The van der Waals surface area contributed by atoms with Crippen molar-refractivity contribution in [2.45, 2.75) is 52.4 Å². The van der Waals surface area contributed by atoms with Gasteiger partial charge in [-0.05, 0) is 33.6 Å². The van der Waals surface area contributed by atoms with Crippen molar-refractivity contribution in [2.24, 2.45) is 5.41 Å². The highest BCUT2D eigenvalue weighted by Crippen LogP contribution is 2.44. The number of halogens is 3. The van der Waals surface area contributed by atoms with E-state index in [0.717, 1.165) is 17.5 Å². The summed E-state index contributed by atoms with van der Waals surface area (Å²) < 4.78 is 38.6. The van der Waals surface area contributed by atoms with Crippen LogP contribution in [0.15, 0.2) is 0 Å². The van der Waals surface area contributed by atoms with Gasteiger partial charge in [0, 0.05) is 23.2 Å². The van der Waals surface area contributed by atoms with Crippen LogP contribution in [-0.2, 0) is 6.54 Å². The number of carbonyl (C=O) groups excluding carboxylic acids is 1. The molecule has 1 heterocycles. The van der Waals surface area contributed by atoms with Gasteiger partial charge in [-0.2, -0.15) is 18.3 Å². The molecule has 0 bridgehead atoms. The van der Waals surface area contributed by atoms with Crippen LogP contribution in [0.25, 0.3) is 0 Å². The summed E-state index contributed by atoms with van der Waals surface area (Å²) in [5.74, 6) is 0. The Morgan fingerprint density at radius 1 is 1.42 bits per heavy atom. The van der Waals surface area contributed by atoms with Crippen molar-refractivity contribution in [2.75, 3.05) is 13.2 Å². The number of aromatic nitrogens is 2. The smallest absolute Gasteiger partial charge is 0.396 e. The van der Waals surface area contributed by atoms with Crippen LogP contribution in [-0.4, -0.2) is 40.2 Å². The molecule has 2 amide bonds. The summed E-state index contributed by atoms with van der Waals surface area (Å²) in [5, 5.41) is 18.6. The van der Waals surface area contributed by atoms with Crippen LogP contribution in [0, 0.1) is 19.3 Å². The Kier molecular flexibility index (Phi) is 5.12. The van der Waals surface area contributed by atoms with E-state index in [9.17, 15) is 23.1 Å². The third-order valence-corrected chi connectivity index (χ3v) is 4.46. The van der Waals surface area contributed by atoms with Crippen molar-refractivity contribution in [3.05, 3.63) is 17.0 Å². The van der Waals surface area contributed by atoms with E-state index in [1.54, 1.807) is 20.8 Å². The van der Waals surface area contributed by atoms with Crippen LogP contribution >= 0.6 is 0 Å². The number of amides is 2. The lowest BCUT2D eigenvalue weighted by Gasteiger charge is -2.18. The van der Waals surface area contributed by atoms with Crippen molar-refractivity contribution in [3.63, 3.8) is 0 Å². The standard InChI is InChI=1S/C15H23F3N4O2/c1-9(20-13(24)19-6-14(8-23)4-5-14)12-10(2)21-22(11(12)3)7-15(16,17)18/h9,23H,4-8H2,1-3H3,(H2,19,20,24). The molecule has 1 aromatic rings. The van der Waals surface area contributed by atoms with E-state index in [4.69, 9.17) is 0 Å². The van der Waals surface area contributed by atoms with Gasteiger partial charge in [-0.15, -0.1) is 0 Å². The van der Waals surface area contributed by atoms with Crippen LogP contribution < -0.4 is 10.6 Å². The zero-order valence-electron chi connectivity index (χ0n) is 14.0. The number of hydrogen-bond donors (Lipinski definition) is 3. The molecule has 1 aromatic heterocycles. The Hall–Kier alpha value is -1.77. The third kappa shape index (κ3) is 4.40. The molecule has 1 saturated carbocycles. The zero-order valence-corrected chi connectivity index (χ0v) is 14.0. The largest absolute Gasteiger partial charge is 0.408 e. The average molecular weight is 348 g/mol. The molecule has 0 aromatic carbocycles. The second-order valence-electron chi connectivity index (χ2n) is 6.56. The van der Waals surface area contributed by atoms with Gasteiger partial charge in [0.1, 0.15) is 6.54 Å². The van der Waals surface area contributed by atoms with Gasteiger partial charge in [0.25, 0.3) is 0 Å². The van der Waals surface area contributed by atoms with Gasteiger partial charge < -0.3 is 15.7 Å². The number of aliphatic hydroxyl groups excluding tert-OH is 1. The first-order valence-electron chi connectivity index (χ1n) is 7.83. The number of hydrogen-bond acceptors (Lipinski definition) is 3. The van der Waals surface area contributed by atoms with Crippen LogP contribution in [0.1, 0.15) is 42.8 Å². The fraction of sp³-hybridized carbons (Fsp3) is 0.733. The molecule has 1 atom stereocenters. The maximum atomic E-state index is 12.6. The van der Waals surface area contributed by atoms with Crippen molar-refractivity contribution < 1.29 is 23.1 Å². The monoisotopic (exact) mass is 348 g/mol. The van der Waals surface area contributed by atoms with Gasteiger partial charge in [-0.1, -0.05) is 0 Å². The summed E-state index contributed by atoms with van der Waals surface area (Å²) in [6.45, 7) is 4.14. The number of alkyl halides is 3. The van der Waals surface area contributed by atoms with Crippen LogP contribution in [0.3, 0.4) is 0 Å². The summed E-state index contributed by atoms with van der Waals surface area (Å²) in [5.41, 5.74) is 1.22. The van der Waals surface area contributed by atoms with Crippen molar-refractivity contribution >= 4 is 6.03 Å². The molecular weight excluding hydrogens is 325 g/mol. The lowest BCUT2D eigenvalue weighted by Crippen LogP contribution is -2.40. The minimum absolute atomic E-state index is 0.0330. The number of rotatable bonds is 6. The van der Waals surface area contributed by atoms with E-state index in [1.165, 1.54) is 0 Å². The fourth-order valence-electron chi connectivity index (χ4n) is 2.82. The van der Waals surface area contributed by atoms with Crippen molar-refractivity contribution in [1.29, 1.82) is 0 Å². The van der Waals surface area contributed by atoms with E-state index in [1.807, 2.05) is 0 Å². The van der Waals surface area contributed by atoms with E-state index in [-0.39, 0.29) is 12.0 Å². The second-order valence-corrected chi connectivity index (χ2v) is 6.56. The van der Waals surface area contributed by atoms with Gasteiger partial charge in [0.05, 0.1) is 18.3 Å². The number of nitrogens with zero attached hydrogens (tertiary/aromatic N) is 2. The lowest BCUT2D eigenvalue weighted by atomic mass is 10.1. The predicted octanol–water partition coefficient (Wildman–Crippen LogP) is 2.19. The van der Waals surface area contributed by atoms with Gasteiger partial charge in [0.15, 0.2) is 0 Å². The van der Waals surface area contributed by atoms with Crippen molar-refractivity contribution in [3.8, 4) is 0 Å². The molecule has 136 valence electrons. The van der Waals surface area contributed by atoms with Gasteiger partial charge in [-0.25, -0.2) is 4.79 Å². The molecule has 3 N–H and O–H groups in total. The molecule has 1 fully saturated rings. The molecule has 0 aliphatic heterocycles. The average Bonchev–Trinajstić information content (AvgIpc) is 3.18.